The lowest BCUT2D eigenvalue weighted by molar-refractivity contribution is 0.174. The monoisotopic (exact) mass is 285 g/mol. The van der Waals surface area contributed by atoms with E-state index in [1.165, 1.54) is 0 Å². The molecule has 1 aromatic rings. The van der Waals surface area contributed by atoms with Gasteiger partial charge in [0.25, 0.3) is 0 Å². The maximum Gasteiger partial charge on any atom is 0.0699 e. The molecular weight excluding hydrogens is 266 g/mol. The smallest absolute Gasteiger partial charge is 0.0699 e. The van der Waals surface area contributed by atoms with Crippen molar-refractivity contribution in [1.29, 1.82) is 0 Å². The summed E-state index contributed by atoms with van der Waals surface area (Å²) in [5.41, 5.74) is 1.05. The van der Waals surface area contributed by atoms with Crippen LogP contribution in [-0.2, 0) is 0 Å². The van der Waals surface area contributed by atoms with Crippen LogP contribution in [0.5, 0.6) is 0 Å². The Bertz CT molecular complexity index is 407. The summed E-state index contributed by atoms with van der Waals surface area (Å²) in [4.78, 5) is 0. The first kappa shape index (κ1) is 14.0. The van der Waals surface area contributed by atoms with Crippen LogP contribution in [-0.4, -0.2) is 28.8 Å². The normalized spacial score (nSPS) is 26.9. The van der Waals surface area contributed by atoms with Gasteiger partial charge in [-0.1, -0.05) is 25.4 Å². The first-order chi connectivity index (χ1) is 8.45. The van der Waals surface area contributed by atoms with E-state index in [9.17, 15) is 5.11 Å². The maximum atomic E-state index is 9.79. The third-order valence-electron chi connectivity index (χ3n) is 3.24. The average molecular weight is 286 g/mol. The van der Waals surface area contributed by atoms with Gasteiger partial charge in [-0.05, 0) is 41.9 Å². The Morgan fingerprint density at radius 2 is 1.94 bits per heavy atom. The van der Waals surface area contributed by atoms with Gasteiger partial charge in [0.2, 0.25) is 0 Å². The number of hydrogen-bond donors (Lipinski definition) is 2. The number of halogens is 1. The fourth-order valence-electron chi connectivity index (χ4n) is 2.60. The Morgan fingerprint density at radius 1 is 1.28 bits per heavy atom. The number of rotatable bonds is 3. The molecule has 1 unspecified atom stereocenters. The minimum atomic E-state index is -0.222. The molecule has 0 bridgehead atoms. The SMILES string of the molecule is CC1(C)CSCC(CO)(Nc2ccc(Cl)cc2)C1. The summed E-state index contributed by atoms with van der Waals surface area (Å²) in [7, 11) is 0. The topological polar surface area (TPSA) is 32.3 Å². The fraction of sp³-hybridized carbons (Fsp3) is 0.571. The molecule has 100 valence electrons. The Kier molecular flexibility index (Phi) is 4.15. The van der Waals surface area contributed by atoms with E-state index in [0.29, 0.717) is 0 Å². The van der Waals surface area contributed by atoms with E-state index in [4.69, 9.17) is 11.6 Å². The van der Waals surface area contributed by atoms with Gasteiger partial charge in [-0.2, -0.15) is 11.8 Å². The largest absolute Gasteiger partial charge is 0.394 e. The lowest BCUT2D eigenvalue weighted by atomic mass is 9.80. The first-order valence-corrected chi connectivity index (χ1v) is 7.70. The van der Waals surface area contributed by atoms with Crippen LogP contribution in [0.4, 0.5) is 5.69 Å². The van der Waals surface area contributed by atoms with Crippen LogP contribution in [0.15, 0.2) is 24.3 Å². The van der Waals surface area contributed by atoms with E-state index in [0.717, 1.165) is 28.6 Å². The molecule has 1 saturated heterocycles. The highest BCUT2D eigenvalue weighted by molar-refractivity contribution is 7.99. The lowest BCUT2D eigenvalue weighted by Crippen LogP contribution is -2.51. The van der Waals surface area contributed by atoms with Gasteiger partial charge in [0.1, 0.15) is 0 Å². The van der Waals surface area contributed by atoms with Crippen molar-refractivity contribution in [2.24, 2.45) is 5.41 Å². The van der Waals surface area contributed by atoms with Gasteiger partial charge in [0.15, 0.2) is 0 Å². The zero-order valence-electron chi connectivity index (χ0n) is 10.9. The van der Waals surface area contributed by atoms with Crippen LogP contribution in [0, 0.1) is 5.41 Å². The summed E-state index contributed by atoms with van der Waals surface area (Å²) < 4.78 is 0. The third kappa shape index (κ3) is 3.34. The van der Waals surface area contributed by atoms with Crippen LogP contribution in [0.2, 0.25) is 5.02 Å². The number of hydrogen-bond acceptors (Lipinski definition) is 3. The van der Waals surface area contributed by atoms with Crippen molar-refractivity contribution >= 4 is 29.1 Å². The van der Waals surface area contributed by atoms with E-state index < -0.39 is 0 Å². The quantitative estimate of drug-likeness (QED) is 0.889. The zero-order valence-corrected chi connectivity index (χ0v) is 12.4. The van der Waals surface area contributed by atoms with E-state index in [-0.39, 0.29) is 17.6 Å². The van der Waals surface area contributed by atoms with Gasteiger partial charge in [-0.25, -0.2) is 0 Å². The number of aliphatic hydroxyl groups excluding tert-OH is 1. The van der Waals surface area contributed by atoms with Gasteiger partial charge < -0.3 is 10.4 Å². The molecule has 2 rings (SSSR count). The molecule has 2 nitrogen and oxygen atoms in total. The fourth-order valence-corrected chi connectivity index (χ4v) is 4.14. The van der Waals surface area contributed by atoms with Crippen molar-refractivity contribution in [3.05, 3.63) is 29.3 Å². The molecule has 0 aromatic heterocycles. The molecule has 4 heteroatoms. The molecule has 1 aromatic carbocycles. The van der Waals surface area contributed by atoms with Gasteiger partial charge in [-0.15, -0.1) is 0 Å². The van der Waals surface area contributed by atoms with Crippen molar-refractivity contribution in [1.82, 2.24) is 0 Å². The van der Waals surface area contributed by atoms with Crippen molar-refractivity contribution < 1.29 is 5.11 Å². The molecule has 1 aliphatic heterocycles. The summed E-state index contributed by atoms with van der Waals surface area (Å²) in [6.07, 6.45) is 0.978. The van der Waals surface area contributed by atoms with Crippen LogP contribution >= 0.6 is 23.4 Å². The molecule has 0 saturated carbocycles. The number of benzene rings is 1. The Morgan fingerprint density at radius 3 is 2.50 bits per heavy atom. The van der Waals surface area contributed by atoms with Gasteiger partial charge in [0.05, 0.1) is 12.1 Å². The van der Waals surface area contributed by atoms with E-state index >= 15 is 0 Å². The summed E-state index contributed by atoms with van der Waals surface area (Å²) >= 11 is 7.79. The molecular formula is C14H20ClNOS. The zero-order chi connectivity index (χ0) is 13.2. The second-order valence-corrected chi connectivity index (χ2v) is 7.33. The molecule has 0 spiro atoms. The van der Waals surface area contributed by atoms with E-state index in [2.05, 4.69) is 19.2 Å². The van der Waals surface area contributed by atoms with Crippen molar-refractivity contribution in [2.75, 3.05) is 23.4 Å². The molecule has 0 aliphatic carbocycles. The van der Waals surface area contributed by atoms with Gasteiger partial charge in [-0.3, -0.25) is 0 Å². The number of thioether (sulfide) groups is 1. The predicted molar refractivity (Wildman–Crippen MR) is 80.6 cm³/mol. The van der Waals surface area contributed by atoms with Crippen LogP contribution in [0.25, 0.3) is 0 Å². The molecule has 1 atom stereocenters. The van der Waals surface area contributed by atoms with Crippen molar-refractivity contribution in [3.8, 4) is 0 Å². The summed E-state index contributed by atoms with van der Waals surface area (Å²) in [5, 5.41) is 14.0. The van der Waals surface area contributed by atoms with E-state index in [1.54, 1.807) is 0 Å². The Balaban J connectivity index is 2.15. The van der Waals surface area contributed by atoms with Gasteiger partial charge in [0, 0.05) is 16.5 Å². The minimum Gasteiger partial charge on any atom is -0.394 e. The molecule has 0 radical (unpaired) electrons. The predicted octanol–water partition coefficient (Wildman–Crippen LogP) is 3.65. The Labute approximate surface area is 118 Å². The molecule has 1 heterocycles. The van der Waals surface area contributed by atoms with Crippen LogP contribution in [0.1, 0.15) is 20.3 Å². The van der Waals surface area contributed by atoms with Crippen LogP contribution < -0.4 is 5.32 Å². The number of aliphatic hydroxyl groups is 1. The first-order valence-electron chi connectivity index (χ1n) is 6.17. The second kappa shape index (κ2) is 5.32. The second-order valence-electron chi connectivity index (χ2n) is 5.90. The van der Waals surface area contributed by atoms with Crippen molar-refractivity contribution in [2.45, 2.75) is 25.8 Å². The number of nitrogens with one attached hydrogen (secondary N) is 1. The molecule has 0 amide bonds. The maximum absolute atomic E-state index is 9.79. The summed E-state index contributed by atoms with van der Waals surface area (Å²) in [6, 6.07) is 7.67. The summed E-state index contributed by atoms with van der Waals surface area (Å²) in [6.45, 7) is 4.67. The van der Waals surface area contributed by atoms with E-state index in [1.807, 2.05) is 36.0 Å². The minimum absolute atomic E-state index is 0.159. The summed E-state index contributed by atoms with van der Waals surface area (Å²) in [5.74, 6) is 2.09. The molecule has 1 fully saturated rings. The Hall–Kier alpha value is -0.380. The standard InChI is InChI=1S/C14H20ClNOS/c1-13(2)7-14(8-17,10-18-9-13)16-12-5-3-11(15)4-6-12/h3-6,16-17H,7-10H2,1-2H3. The lowest BCUT2D eigenvalue weighted by Gasteiger charge is -2.44. The van der Waals surface area contributed by atoms with Crippen LogP contribution in [0.3, 0.4) is 0 Å². The van der Waals surface area contributed by atoms with Gasteiger partial charge >= 0.3 is 0 Å². The third-order valence-corrected chi connectivity index (χ3v) is 5.24. The highest BCUT2D eigenvalue weighted by Gasteiger charge is 2.40. The molecule has 2 N–H and O–H groups in total. The highest BCUT2D eigenvalue weighted by Crippen LogP contribution is 2.40. The number of anilines is 1. The molecule has 1 aliphatic rings. The highest BCUT2D eigenvalue weighted by atomic mass is 35.5. The molecule has 18 heavy (non-hydrogen) atoms. The average Bonchev–Trinajstić information content (AvgIpc) is 2.31. The van der Waals surface area contributed by atoms with Crippen molar-refractivity contribution in [3.63, 3.8) is 0 Å².